The monoisotopic (exact) mass is 457 g/mol. The van der Waals surface area contributed by atoms with Crippen LogP contribution in [0.4, 0.5) is 11.9 Å². The van der Waals surface area contributed by atoms with E-state index in [9.17, 15) is 4.79 Å². The minimum Gasteiger partial charge on any atom is -0.467 e. The van der Waals surface area contributed by atoms with Crippen LogP contribution in [0.1, 0.15) is 23.8 Å². The summed E-state index contributed by atoms with van der Waals surface area (Å²) in [5.74, 6) is 1.73. The first-order valence-corrected chi connectivity index (χ1v) is 10.7. The van der Waals surface area contributed by atoms with E-state index in [4.69, 9.17) is 26.7 Å². The van der Waals surface area contributed by atoms with Crippen LogP contribution < -0.4 is 16.2 Å². The molecule has 0 aliphatic carbocycles. The Labute approximate surface area is 187 Å². The van der Waals surface area contributed by atoms with Crippen LogP contribution in [0.25, 0.3) is 10.9 Å². The summed E-state index contributed by atoms with van der Waals surface area (Å²) in [6, 6.07) is 8.62. The number of furan rings is 1. The van der Waals surface area contributed by atoms with E-state index >= 15 is 0 Å². The number of anilines is 2. The largest absolute Gasteiger partial charge is 0.467 e. The summed E-state index contributed by atoms with van der Waals surface area (Å²) < 4.78 is 7.03. The smallest absolute Gasteiger partial charge is 0.262 e. The van der Waals surface area contributed by atoms with Crippen LogP contribution in [0.3, 0.4) is 0 Å². The first-order chi connectivity index (χ1) is 14.8. The van der Waals surface area contributed by atoms with Crippen LogP contribution >= 0.6 is 23.4 Å². The van der Waals surface area contributed by atoms with Crippen LogP contribution in [0.15, 0.2) is 51.0 Å². The van der Waals surface area contributed by atoms with Crippen molar-refractivity contribution in [1.82, 2.24) is 24.5 Å². The van der Waals surface area contributed by atoms with Crippen LogP contribution in [0, 0.1) is 0 Å². The van der Waals surface area contributed by atoms with Gasteiger partial charge in [0.15, 0.2) is 5.16 Å². The van der Waals surface area contributed by atoms with Crippen molar-refractivity contribution in [2.45, 2.75) is 23.9 Å². The molecule has 0 bridgehead atoms. The molecule has 3 aromatic heterocycles. The molecule has 2 N–H and O–H groups in total. The summed E-state index contributed by atoms with van der Waals surface area (Å²) in [5.41, 5.74) is 6.20. The standard InChI is InChI=1S/C20H20ClN7O2S/c1-11(16-24-18(22)26-19(25-16)27(2)3)31-20-23-15-9-12(21)6-7-14(15)17(29)28(20)10-13-5-4-8-30-13/h4-9,11H,10H2,1-3H3,(H2,22,24,25,26). The molecule has 1 unspecified atom stereocenters. The minimum atomic E-state index is -0.254. The number of fused-ring (bicyclic) bond motifs is 1. The molecule has 3 heterocycles. The van der Waals surface area contributed by atoms with Gasteiger partial charge in [-0.2, -0.15) is 15.0 Å². The van der Waals surface area contributed by atoms with Crippen molar-refractivity contribution in [3.63, 3.8) is 0 Å². The van der Waals surface area contributed by atoms with Crippen molar-refractivity contribution in [1.29, 1.82) is 0 Å². The Morgan fingerprint density at radius 3 is 2.74 bits per heavy atom. The van der Waals surface area contributed by atoms with Crippen molar-refractivity contribution >= 4 is 46.2 Å². The van der Waals surface area contributed by atoms with Crippen LogP contribution in [-0.4, -0.2) is 38.6 Å². The zero-order valence-electron chi connectivity index (χ0n) is 17.1. The fourth-order valence-electron chi connectivity index (χ4n) is 2.95. The molecule has 1 aromatic carbocycles. The van der Waals surface area contributed by atoms with E-state index in [2.05, 4.69) is 15.0 Å². The predicted molar refractivity (Wildman–Crippen MR) is 122 cm³/mol. The summed E-state index contributed by atoms with van der Waals surface area (Å²) in [5, 5.41) is 1.23. The molecule has 0 saturated carbocycles. The van der Waals surface area contributed by atoms with Gasteiger partial charge >= 0.3 is 0 Å². The molecule has 9 nitrogen and oxygen atoms in total. The molecule has 1 atom stereocenters. The fraction of sp³-hybridized carbons (Fsp3) is 0.250. The molecule has 4 aromatic rings. The number of thioether (sulfide) groups is 1. The first kappa shape index (κ1) is 21.1. The minimum absolute atomic E-state index is 0.132. The Kier molecular flexibility index (Phi) is 5.84. The molecule has 0 radical (unpaired) electrons. The Balaban J connectivity index is 1.79. The average Bonchev–Trinajstić information content (AvgIpc) is 3.23. The van der Waals surface area contributed by atoms with Crippen molar-refractivity contribution in [3.8, 4) is 0 Å². The SMILES string of the molecule is CC(Sc1nc2cc(Cl)ccc2c(=O)n1Cc1ccco1)c1nc(N)nc(N(C)C)n1. The molecule has 0 spiro atoms. The fourth-order valence-corrected chi connectivity index (χ4v) is 4.07. The number of aromatic nitrogens is 5. The lowest BCUT2D eigenvalue weighted by Crippen LogP contribution is -2.24. The number of rotatable bonds is 6. The average molecular weight is 458 g/mol. The van der Waals surface area contributed by atoms with Gasteiger partial charge in [0.05, 0.1) is 29.0 Å². The number of nitrogen functional groups attached to an aromatic ring is 1. The predicted octanol–water partition coefficient (Wildman–Crippen LogP) is 3.38. The van der Waals surface area contributed by atoms with Crippen molar-refractivity contribution in [2.24, 2.45) is 0 Å². The highest BCUT2D eigenvalue weighted by molar-refractivity contribution is 7.99. The Morgan fingerprint density at radius 2 is 2.03 bits per heavy atom. The van der Waals surface area contributed by atoms with Crippen molar-refractivity contribution < 1.29 is 4.42 Å². The third-order valence-electron chi connectivity index (χ3n) is 4.48. The third kappa shape index (κ3) is 4.49. The van der Waals surface area contributed by atoms with Gasteiger partial charge in [-0.25, -0.2) is 4.98 Å². The molecule has 0 aliphatic heterocycles. The molecular weight excluding hydrogens is 438 g/mol. The summed E-state index contributed by atoms with van der Waals surface area (Å²) in [4.78, 5) is 32.6. The van der Waals surface area contributed by atoms with E-state index in [0.29, 0.717) is 38.6 Å². The highest BCUT2D eigenvalue weighted by Crippen LogP contribution is 2.33. The van der Waals surface area contributed by atoms with Crippen molar-refractivity contribution in [3.05, 3.63) is 63.6 Å². The quantitative estimate of drug-likeness (QED) is 0.343. The second kappa shape index (κ2) is 8.56. The summed E-state index contributed by atoms with van der Waals surface area (Å²) in [6.45, 7) is 2.17. The number of nitrogens with two attached hydrogens (primary N) is 1. The normalized spacial score (nSPS) is 12.3. The Morgan fingerprint density at radius 1 is 1.23 bits per heavy atom. The molecule has 0 amide bonds. The lowest BCUT2D eigenvalue weighted by molar-refractivity contribution is 0.476. The third-order valence-corrected chi connectivity index (χ3v) is 5.80. The number of hydrogen-bond donors (Lipinski definition) is 1. The summed E-state index contributed by atoms with van der Waals surface area (Å²) >= 11 is 7.48. The molecule has 31 heavy (non-hydrogen) atoms. The second-order valence-electron chi connectivity index (χ2n) is 7.03. The van der Waals surface area contributed by atoms with Gasteiger partial charge in [0.1, 0.15) is 11.6 Å². The van der Waals surface area contributed by atoms with Gasteiger partial charge in [-0.15, -0.1) is 0 Å². The van der Waals surface area contributed by atoms with Gasteiger partial charge < -0.3 is 15.1 Å². The van der Waals surface area contributed by atoms with E-state index in [1.807, 2.05) is 27.1 Å². The highest BCUT2D eigenvalue weighted by Gasteiger charge is 2.20. The maximum absolute atomic E-state index is 13.3. The number of nitrogens with zero attached hydrogens (tertiary/aromatic N) is 6. The number of halogens is 1. The van der Waals surface area contributed by atoms with Gasteiger partial charge in [-0.3, -0.25) is 9.36 Å². The molecule has 0 aliphatic rings. The van der Waals surface area contributed by atoms with E-state index in [1.54, 1.807) is 40.0 Å². The lowest BCUT2D eigenvalue weighted by Gasteiger charge is -2.17. The van der Waals surface area contributed by atoms with E-state index in [1.165, 1.54) is 11.8 Å². The Hall–Kier alpha value is -3.11. The van der Waals surface area contributed by atoms with Gasteiger partial charge in [0.25, 0.3) is 5.56 Å². The maximum Gasteiger partial charge on any atom is 0.262 e. The van der Waals surface area contributed by atoms with Gasteiger partial charge in [0, 0.05) is 19.1 Å². The van der Waals surface area contributed by atoms with Gasteiger partial charge in [-0.05, 0) is 37.3 Å². The van der Waals surface area contributed by atoms with Gasteiger partial charge in [-0.1, -0.05) is 23.4 Å². The highest BCUT2D eigenvalue weighted by atomic mass is 35.5. The zero-order valence-corrected chi connectivity index (χ0v) is 18.7. The lowest BCUT2D eigenvalue weighted by atomic mass is 10.2. The van der Waals surface area contributed by atoms with E-state index in [-0.39, 0.29) is 23.3 Å². The second-order valence-corrected chi connectivity index (χ2v) is 8.78. The molecule has 11 heteroatoms. The summed E-state index contributed by atoms with van der Waals surface area (Å²) in [7, 11) is 3.65. The van der Waals surface area contributed by atoms with Gasteiger partial charge in [0.2, 0.25) is 11.9 Å². The number of hydrogen-bond acceptors (Lipinski definition) is 9. The van der Waals surface area contributed by atoms with Crippen LogP contribution in [0.2, 0.25) is 5.02 Å². The molecular formula is C20H20ClN7O2S. The first-order valence-electron chi connectivity index (χ1n) is 9.39. The maximum atomic E-state index is 13.3. The van der Waals surface area contributed by atoms with Crippen LogP contribution in [0.5, 0.6) is 0 Å². The van der Waals surface area contributed by atoms with E-state index in [0.717, 1.165) is 0 Å². The molecule has 0 fully saturated rings. The number of benzene rings is 1. The molecule has 4 rings (SSSR count). The van der Waals surface area contributed by atoms with Crippen molar-refractivity contribution in [2.75, 3.05) is 24.7 Å². The van der Waals surface area contributed by atoms with E-state index < -0.39 is 0 Å². The Bertz CT molecular complexity index is 1290. The summed E-state index contributed by atoms with van der Waals surface area (Å²) in [6.07, 6.45) is 1.57. The topological polar surface area (TPSA) is 116 Å². The van der Waals surface area contributed by atoms with Crippen LogP contribution in [-0.2, 0) is 6.54 Å². The molecule has 0 saturated heterocycles. The zero-order chi connectivity index (χ0) is 22.1. The molecule has 160 valence electrons.